The molecule has 1 heterocycles. The third-order valence-corrected chi connectivity index (χ3v) is 1.62. The van der Waals surface area contributed by atoms with Crippen LogP contribution >= 0.6 is 0 Å². The molecule has 1 aromatic carbocycles. The number of hydroxylamine groups is 1. The minimum Gasteiger partial charge on any atom is -0.350 e. The predicted molar refractivity (Wildman–Crippen MR) is 39.3 cm³/mol. The van der Waals surface area contributed by atoms with Crippen LogP contribution in [0.4, 0.5) is 0 Å². The van der Waals surface area contributed by atoms with Crippen LogP contribution in [-0.4, -0.2) is 11.0 Å². The van der Waals surface area contributed by atoms with Crippen LogP contribution in [0.15, 0.2) is 30.3 Å². The maximum Gasteiger partial charge on any atom is 0.268 e. The summed E-state index contributed by atoms with van der Waals surface area (Å²) in [6.45, 7) is 0. The van der Waals surface area contributed by atoms with Crippen molar-refractivity contribution in [2.45, 2.75) is 12.3 Å². The van der Waals surface area contributed by atoms with Crippen molar-refractivity contribution < 1.29 is 9.94 Å². The second-order valence-electron chi connectivity index (χ2n) is 2.65. The van der Waals surface area contributed by atoms with Crippen LogP contribution in [0.25, 0.3) is 0 Å². The molecule has 1 fully saturated rings. The van der Waals surface area contributed by atoms with E-state index in [-0.39, 0.29) is 0 Å². The van der Waals surface area contributed by atoms with E-state index in [1.54, 1.807) is 0 Å². The second-order valence-corrected chi connectivity index (χ2v) is 2.65. The summed E-state index contributed by atoms with van der Waals surface area (Å²) < 4.78 is 0. The zero-order valence-electron chi connectivity index (χ0n) is 5.95. The molecular formula is C8H9NO2. The lowest BCUT2D eigenvalue weighted by molar-refractivity contribution is 0.0370. The summed E-state index contributed by atoms with van der Waals surface area (Å²) in [4.78, 5) is 4.61. The lowest BCUT2D eigenvalue weighted by Crippen LogP contribution is -2.16. The minimum atomic E-state index is -1.10. The van der Waals surface area contributed by atoms with Gasteiger partial charge in [-0.15, -0.1) is 5.48 Å². The molecule has 1 aliphatic rings. The molecular weight excluding hydrogens is 142 g/mol. The molecule has 0 aromatic heterocycles. The molecule has 58 valence electrons. The fourth-order valence-corrected chi connectivity index (χ4v) is 1.00. The highest BCUT2D eigenvalue weighted by atomic mass is 16.9. The van der Waals surface area contributed by atoms with Crippen LogP contribution < -0.4 is 5.48 Å². The molecule has 0 aliphatic carbocycles. The number of hydrogen-bond donors (Lipinski definition) is 2. The molecule has 3 nitrogen and oxygen atoms in total. The van der Waals surface area contributed by atoms with Gasteiger partial charge in [0.1, 0.15) is 0 Å². The molecule has 0 spiro atoms. The van der Waals surface area contributed by atoms with E-state index in [1.807, 2.05) is 30.3 Å². The van der Waals surface area contributed by atoms with Crippen LogP contribution in [0.5, 0.6) is 0 Å². The predicted octanol–water partition coefficient (Wildman–Crippen LogP) is 0.410. The number of hydrogen-bond acceptors (Lipinski definition) is 3. The smallest absolute Gasteiger partial charge is 0.268 e. The number of rotatable bonds is 2. The zero-order chi connectivity index (χ0) is 7.73. The van der Waals surface area contributed by atoms with E-state index in [0.717, 1.165) is 5.56 Å². The molecule has 11 heavy (non-hydrogen) atoms. The average molecular weight is 151 g/mol. The highest BCUT2D eigenvalue weighted by molar-refractivity contribution is 5.16. The highest BCUT2D eigenvalue weighted by Crippen LogP contribution is 2.20. The average Bonchev–Trinajstić information content (AvgIpc) is 2.70. The van der Waals surface area contributed by atoms with Gasteiger partial charge in [0, 0.05) is 6.42 Å². The maximum atomic E-state index is 9.25. The summed E-state index contributed by atoms with van der Waals surface area (Å²) in [7, 11) is 0. The molecule has 3 heteroatoms. The normalized spacial score (nSPS) is 28.5. The molecule has 1 aromatic rings. The summed E-state index contributed by atoms with van der Waals surface area (Å²) in [5, 5.41) is 9.25. The molecule has 2 N–H and O–H groups in total. The van der Waals surface area contributed by atoms with Crippen molar-refractivity contribution in [1.82, 2.24) is 5.48 Å². The number of benzene rings is 1. The van der Waals surface area contributed by atoms with Crippen molar-refractivity contribution in [2.24, 2.45) is 0 Å². The molecule has 0 saturated carbocycles. The van der Waals surface area contributed by atoms with Crippen molar-refractivity contribution in [2.75, 3.05) is 0 Å². The molecule has 1 aliphatic heterocycles. The fraction of sp³-hybridized carbons (Fsp3) is 0.250. The van der Waals surface area contributed by atoms with Crippen LogP contribution in [0.3, 0.4) is 0 Å². The van der Waals surface area contributed by atoms with Crippen LogP contribution in [0.1, 0.15) is 5.56 Å². The first-order valence-electron chi connectivity index (χ1n) is 3.50. The maximum absolute atomic E-state index is 9.25. The van der Waals surface area contributed by atoms with Gasteiger partial charge in [-0.3, -0.25) is 0 Å². The topological polar surface area (TPSA) is 54.7 Å². The van der Waals surface area contributed by atoms with E-state index >= 15 is 0 Å². The van der Waals surface area contributed by atoms with Gasteiger partial charge in [0.15, 0.2) is 0 Å². The summed E-state index contributed by atoms with van der Waals surface area (Å²) in [6.07, 6.45) is 0.494. The van der Waals surface area contributed by atoms with Crippen molar-refractivity contribution in [3.63, 3.8) is 0 Å². The minimum absolute atomic E-state index is 0.494. The van der Waals surface area contributed by atoms with E-state index in [0.29, 0.717) is 6.42 Å². The SMILES string of the molecule is OC1(Cc2ccccc2)NO1. The molecule has 1 atom stereocenters. The molecule has 1 saturated heterocycles. The van der Waals surface area contributed by atoms with Gasteiger partial charge in [0.25, 0.3) is 5.91 Å². The summed E-state index contributed by atoms with van der Waals surface area (Å²) in [5.41, 5.74) is 3.47. The van der Waals surface area contributed by atoms with Crippen LogP contribution in [0.2, 0.25) is 0 Å². The Kier molecular flexibility index (Phi) is 1.42. The number of nitrogens with one attached hydrogen (secondary N) is 1. The van der Waals surface area contributed by atoms with Gasteiger partial charge >= 0.3 is 0 Å². The van der Waals surface area contributed by atoms with Crippen molar-refractivity contribution in [3.05, 3.63) is 35.9 Å². The van der Waals surface area contributed by atoms with Crippen molar-refractivity contribution in [3.8, 4) is 0 Å². The zero-order valence-corrected chi connectivity index (χ0v) is 5.95. The van der Waals surface area contributed by atoms with Gasteiger partial charge in [0.05, 0.1) is 0 Å². The third kappa shape index (κ3) is 1.57. The monoisotopic (exact) mass is 151 g/mol. The van der Waals surface area contributed by atoms with Crippen LogP contribution in [-0.2, 0) is 11.3 Å². The summed E-state index contributed by atoms with van der Waals surface area (Å²) >= 11 is 0. The third-order valence-electron chi connectivity index (χ3n) is 1.62. The molecule has 1 unspecified atom stereocenters. The Hall–Kier alpha value is -0.900. The Morgan fingerprint density at radius 1 is 1.36 bits per heavy atom. The molecule has 2 rings (SSSR count). The second kappa shape index (κ2) is 2.30. The molecule has 0 amide bonds. The van der Waals surface area contributed by atoms with Gasteiger partial charge < -0.3 is 5.11 Å². The summed E-state index contributed by atoms with van der Waals surface area (Å²) in [6, 6.07) is 9.69. The van der Waals surface area contributed by atoms with Gasteiger partial charge in [-0.25, -0.2) is 4.84 Å². The first kappa shape index (κ1) is 6.79. The van der Waals surface area contributed by atoms with Gasteiger partial charge in [-0.1, -0.05) is 30.3 Å². The van der Waals surface area contributed by atoms with Gasteiger partial charge in [0.2, 0.25) is 0 Å². The number of aliphatic hydroxyl groups is 1. The first-order chi connectivity index (χ1) is 5.29. The quantitative estimate of drug-likeness (QED) is 0.602. The van der Waals surface area contributed by atoms with Crippen LogP contribution in [0, 0.1) is 0 Å². The summed E-state index contributed by atoms with van der Waals surface area (Å²) in [5.74, 6) is -1.10. The molecule has 0 bridgehead atoms. The largest absolute Gasteiger partial charge is 0.350 e. The van der Waals surface area contributed by atoms with E-state index in [9.17, 15) is 5.11 Å². The first-order valence-corrected chi connectivity index (χ1v) is 3.50. The standard InChI is InChI=1S/C8H9NO2/c10-8(9-11-8)6-7-4-2-1-3-5-7/h1-5,9-10H,6H2. The lowest BCUT2D eigenvalue weighted by atomic mass is 10.1. The Morgan fingerprint density at radius 3 is 2.55 bits per heavy atom. The Bertz CT molecular complexity index is 244. The highest BCUT2D eigenvalue weighted by Gasteiger charge is 2.42. The Labute approximate surface area is 64.6 Å². The van der Waals surface area contributed by atoms with Crippen molar-refractivity contribution >= 4 is 0 Å². The van der Waals surface area contributed by atoms with Crippen molar-refractivity contribution in [1.29, 1.82) is 0 Å². The van der Waals surface area contributed by atoms with Gasteiger partial charge in [-0.2, -0.15) is 0 Å². The van der Waals surface area contributed by atoms with E-state index in [2.05, 4.69) is 10.3 Å². The van der Waals surface area contributed by atoms with E-state index in [4.69, 9.17) is 0 Å². The van der Waals surface area contributed by atoms with E-state index < -0.39 is 5.91 Å². The van der Waals surface area contributed by atoms with Gasteiger partial charge in [-0.05, 0) is 5.56 Å². The van der Waals surface area contributed by atoms with E-state index in [1.165, 1.54) is 0 Å². The fourth-order valence-electron chi connectivity index (χ4n) is 1.00. The Balaban J connectivity index is 2.07. The molecule has 0 radical (unpaired) electrons. The lowest BCUT2D eigenvalue weighted by Gasteiger charge is -2.00. The Morgan fingerprint density at radius 2 is 2.00 bits per heavy atom.